The van der Waals surface area contributed by atoms with E-state index in [1.807, 2.05) is 13.8 Å². The van der Waals surface area contributed by atoms with Crippen LogP contribution in [0.1, 0.15) is 26.7 Å². The van der Waals surface area contributed by atoms with Gasteiger partial charge in [0.25, 0.3) is 0 Å². The van der Waals surface area contributed by atoms with Crippen LogP contribution in [0.4, 0.5) is 5.82 Å². The number of rotatable bonds is 5. The van der Waals surface area contributed by atoms with Gasteiger partial charge in [0, 0.05) is 19.1 Å². The van der Waals surface area contributed by atoms with Crippen LogP contribution >= 0.6 is 0 Å². The Labute approximate surface area is 135 Å². The summed E-state index contributed by atoms with van der Waals surface area (Å²) in [5.74, 6) is 1.08. The first-order valence-electron chi connectivity index (χ1n) is 7.84. The highest BCUT2D eigenvalue weighted by Gasteiger charge is 2.28. The summed E-state index contributed by atoms with van der Waals surface area (Å²) in [4.78, 5) is 15.5. The van der Waals surface area contributed by atoms with Gasteiger partial charge >= 0.3 is 0 Å². The van der Waals surface area contributed by atoms with Gasteiger partial charge in [-0.1, -0.05) is 13.8 Å². The fraction of sp³-hybridized carbons (Fsp3) is 0.643. The van der Waals surface area contributed by atoms with E-state index in [1.165, 1.54) is 6.33 Å². The Morgan fingerprint density at radius 3 is 2.74 bits per heavy atom. The lowest BCUT2D eigenvalue weighted by Crippen LogP contribution is -2.43. The maximum Gasteiger partial charge on any atom is 0.214 e. The molecule has 3 heterocycles. The number of anilines is 1. The zero-order chi connectivity index (χ0) is 16.4. The highest BCUT2D eigenvalue weighted by Crippen LogP contribution is 2.21. The first-order valence-corrected chi connectivity index (χ1v) is 9.45. The van der Waals surface area contributed by atoms with Gasteiger partial charge in [-0.3, -0.25) is 0 Å². The highest BCUT2D eigenvalue weighted by molar-refractivity contribution is 7.89. The molecule has 126 valence electrons. The summed E-state index contributed by atoms with van der Waals surface area (Å²) in [5, 5.41) is 3.38. The molecule has 1 fully saturated rings. The lowest BCUT2D eigenvalue weighted by molar-refractivity contribution is 0.328. The van der Waals surface area contributed by atoms with Crippen molar-refractivity contribution in [2.45, 2.75) is 32.7 Å². The molecule has 9 heteroatoms. The van der Waals surface area contributed by atoms with E-state index in [0.717, 1.165) is 24.2 Å². The van der Waals surface area contributed by atoms with Crippen LogP contribution in [0.5, 0.6) is 0 Å². The number of hydrogen-bond acceptors (Lipinski definition) is 6. The lowest BCUT2D eigenvalue weighted by atomic mass is 10.1. The Balaban J connectivity index is 1.62. The standard InChI is InChI=1S/C14H22N6O2S/c1-10(2)7-23(21,22)20-5-3-11(4-6-20)19-14-12-13(16-8-15-12)17-9-18-14/h8-11H,3-7H2,1-2H3,(H2,15,16,17,18,19). The minimum absolute atomic E-state index is 0.144. The Morgan fingerprint density at radius 1 is 1.30 bits per heavy atom. The summed E-state index contributed by atoms with van der Waals surface area (Å²) in [6.07, 6.45) is 4.59. The Kier molecular flexibility index (Phi) is 4.49. The zero-order valence-electron chi connectivity index (χ0n) is 13.4. The van der Waals surface area contributed by atoms with E-state index < -0.39 is 10.0 Å². The van der Waals surface area contributed by atoms with Gasteiger partial charge < -0.3 is 10.3 Å². The fourth-order valence-electron chi connectivity index (χ4n) is 2.87. The lowest BCUT2D eigenvalue weighted by Gasteiger charge is -2.32. The normalized spacial score (nSPS) is 17.9. The fourth-order valence-corrected chi connectivity index (χ4v) is 4.69. The van der Waals surface area contributed by atoms with Crippen molar-refractivity contribution in [3.63, 3.8) is 0 Å². The minimum atomic E-state index is -3.14. The molecule has 0 amide bonds. The number of fused-ring (bicyclic) bond motifs is 1. The number of aromatic nitrogens is 4. The number of hydrogen-bond donors (Lipinski definition) is 2. The number of imidazole rings is 1. The minimum Gasteiger partial charge on any atom is -0.365 e. The molecule has 0 atom stereocenters. The second-order valence-corrected chi connectivity index (χ2v) is 8.33. The van der Waals surface area contributed by atoms with Crippen LogP contribution in [0.3, 0.4) is 0 Å². The van der Waals surface area contributed by atoms with Crippen LogP contribution in [-0.4, -0.2) is 57.5 Å². The van der Waals surface area contributed by atoms with Crippen molar-refractivity contribution in [3.8, 4) is 0 Å². The van der Waals surface area contributed by atoms with Crippen molar-refractivity contribution in [2.75, 3.05) is 24.2 Å². The molecule has 0 spiro atoms. The molecular formula is C14H22N6O2S. The maximum atomic E-state index is 12.3. The van der Waals surface area contributed by atoms with Crippen LogP contribution in [-0.2, 0) is 10.0 Å². The second kappa shape index (κ2) is 6.40. The molecule has 1 aliphatic heterocycles. The molecule has 3 rings (SSSR count). The summed E-state index contributed by atoms with van der Waals surface area (Å²) >= 11 is 0. The number of piperidine rings is 1. The van der Waals surface area contributed by atoms with E-state index in [9.17, 15) is 8.42 Å². The number of nitrogens with one attached hydrogen (secondary N) is 2. The Morgan fingerprint density at radius 2 is 2.04 bits per heavy atom. The van der Waals surface area contributed by atoms with Crippen LogP contribution in [0.25, 0.3) is 11.2 Å². The molecule has 2 aromatic rings. The van der Waals surface area contributed by atoms with Gasteiger partial charge in [0.05, 0.1) is 12.1 Å². The summed E-state index contributed by atoms with van der Waals surface area (Å²) < 4.78 is 26.2. The topological polar surface area (TPSA) is 104 Å². The van der Waals surface area contributed by atoms with Crippen LogP contribution < -0.4 is 5.32 Å². The van der Waals surface area contributed by atoms with Crippen molar-refractivity contribution in [1.29, 1.82) is 0 Å². The molecule has 0 radical (unpaired) electrons. The average Bonchev–Trinajstić information content (AvgIpc) is 2.96. The van der Waals surface area contributed by atoms with Gasteiger partial charge in [-0.25, -0.2) is 27.7 Å². The first-order chi connectivity index (χ1) is 11.0. The SMILES string of the molecule is CC(C)CS(=O)(=O)N1CCC(Nc2ncnc3nc[nH]c23)CC1. The average molecular weight is 338 g/mol. The van der Waals surface area contributed by atoms with Crippen LogP contribution in [0, 0.1) is 5.92 Å². The molecule has 1 saturated heterocycles. The largest absolute Gasteiger partial charge is 0.365 e. The third-order valence-electron chi connectivity index (χ3n) is 3.96. The Hall–Kier alpha value is -1.74. The zero-order valence-corrected chi connectivity index (χ0v) is 14.2. The number of nitrogens with zero attached hydrogens (tertiary/aromatic N) is 4. The molecule has 2 N–H and O–H groups in total. The third-order valence-corrected chi connectivity index (χ3v) is 6.19. The first kappa shape index (κ1) is 16.1. The van der Waals surface area contributed by atoms with Gasteiger partial charge in [0.1, 0.15) is 11.8 Å². The molecule has 0 aliphatic carbocycles. The number of aromatic amines is 1. The second-order valence-electron chi connectivity index (χ2n) is 6.31. The summed E-state index contributed by atoms with van der Waals surface area (Å²) in [7, 11) is -3.14. The number of sulfonamides is 1. The van der Waals surface area contributed by atoms with Crippen molar-refractivity contribution >= 4 is 27.0 Å². The number of H-pyrrole nitrogens is 1. The van der Waals surface area contributed by atoms with E-state index >= 15 is 0 Å². The van der Waals surface area contributed by atoms with Gasteiger partial charge in [-0.05, 0) is 18.8 Å². The molecule has 1 aliphatic rings. The van der Waals surface area contributed by atoms with E-state index in [2.05, 4.69) is 25.3 Å². The highest BCUT2D eigenvalue weighted by atomic mass is 32.2. The van der Waals surface area contributed by atoms with Crippen molar-refractivity contribution in [3.05, 3.63) is 12.7 Å². The van der Waals surface area contributed by atoms with Crippen molar-refractivity contribution < 1.29 is 8.42 Å². The van der Waals surface area contributed by atoms with E-state index in [-0.39, 0.29) is 17.7 Å². The molecule has 0 bridgehead atoms. The molecule has 0 unspecified atom stereocenters. The van der Waals surface area contributed by atoms with Gasteiger partial charge in [0.2, 0.25) is 10.0 Å². The third kappa shape index (κ3) is 3.61. The molecule has 2 aromatic heterocycles. The Bertz CT molecular complexity index is 764. The summed E-state index contributed by atoms with van der Waals surface area (Å²) in [5.41, 5.74) is 1.40. The smallest absolute Gasteiger partial charge is 0.214 e. The maximum absolute atomic E-state index is 12.3. The quantitative estimate of drug-likeness (QED) is 0.849. The summed E-state index contributed by atoms with van der Waals surface area (Å²) in [6.45, 7) is 4.95. The van der Waals surface area contributed by atoms with Crippen LogP contribution in [0.2, 0.25) is 0 Å². The van der Waals surface area contributed by atoms with E-state index in [4.69, 9.17) is 0 Å². The van der Waals surface area contributed by atoms with Gasteiger partial charge in [0.15, 0.2) is 11.5 Å². The van der Waals surface area contributed by atoms with Crippen molar-refractivity contribution in [1.82, 2.24) is 24.2 Å². The van der Waals surface area contributed by atoms with E-state index in [0.29, 0.717) is 18.7 Å². The van der Waals surface area contributed by atoms with Crippen LogP contribution in [0.15, 0.2) is 12.7 Å². The predicted molar refractivity (Wildman–Crippen MR) is 88.5 cm³/mol. The molecule has 23 heavy (non-hydrogen) atoms. The summed E-state index contributed by atoms with van der Waals surface area (Å²) in [6, 6.07) is 0.196. The van der Waals surface area contributed by atoms with Crippen molar-refractivity contribution in [2.24, 2.45) is 5.92 Å². The van der Waals surface area contributed by atoms with E-state index in [1.54, 1.807) is 10.6 Å². The van der Waals surface area contributed by atoms with Gasteiger partial charge in [-0.2, -0.15) is 0 Å². The monoisotopic (exact) mass is 338 g/mol. The molecule has 8 nitrogen and oxygen atoms in total. The predicted octanol–water partition coefficient (Wildman–Crippen LogP) is 1.21. The molecule has 0 aromatic carbocycles. The molecular weight excluding hydrogens is 316 g/mol. The van der Waals surface area contributed by atoms with Gasteiger partial charge in [-0.15, -0.1) is 0 Å². The molecule has 0 saturated carbocycles.